The molecule has 1 atom stereocenters. The van der Waals surface area contributed by atoms with E-state index in [2.05, 4.69) is 42.6 Å². The predicted octanol–water partition coefficient (Wildman–Crippen LogP) is 4.16. The van der Waals surface area contributed by atoms with Crippen LogP contribution in [0.25, 0.3) is 0 Å². The average molecular weight is 255 g/mol. The molecular weight excluding hydrogens is 230 g/mol. The van der Waals surface area contributed by atoms with Crippen LogP contribution in [-0.4, -0.2) is 6.04 Å². The molecule has 0 saturated heterocycles. The van der Waals surface area contributed by atoms with Gasteiger partial charge in [0.05, 0.1) is 0 Å². The minimum Gasteiger partial charge on any atom is -0.307 e. The largest absolute Gasteiger partial charge is 0.307 e. The van der Waals surface area contributed by atoms with Gasteiger partial charge in [0.2, 0.25) is 0 Å². The van der Waals surface area contributed by atoms with Crippen molar-refractivity contribution in [3.8, 4) is 0 Å². The van der Waals surface area contributed by atoms with Crippen LogP contribution in [0.4, 0.5) is 0 Å². The highest BCUT2D eigenvalue weighted by Gasteiger charge is 2.48. The molecule has 1 nitrogen and oxygen atoms in total. The minimum absolute atomic E-state index is 0.503. The highest BCUT2D eigenvalue weighted by molar-refractivity contribution is 5.18. The third-order valence-electron chi connectivity index (χ3n) is 5.97. The van der Waals surface area contributed by atoms with Crippen LogP contribution in [0.5, 0.6) is 0 Å². The zero-order valence-electron chi connectivity index (χ0n) is 11.9. The van der Waals surface area contributed by atoms with Gasteiger partial charge in [-0.05, 0) is 68.3 Å². The first-order chi connectivity index (χ1) is 9.29. The molecule has 1 unspecified atom stereocenters. The van der Waals surface area contributed by atoms with E-state index >= 15 is 0 Å². The van der Waals surface area contributed by atoms with Crippen LogP contribution in [0.1, 0.15) is 50.6 Å². The summed E-state index contributed by atoms with van der Waals surface area (Å²) in [7, 11) is 0. The van der Waals surface area contributed by atoms with Gasteiger partial charge in [0.1, 0.15) is 0 Å². The van der Waals surface area contributed by atoms with E-state index in [1.165, 1.54) is 31.2 Å². The van der Waals surface area contributed by atoms with Gasteiger partial charge in [0.15, 0.2) is 0 Å². The van der Waals surface area contributed by atoms with Crippen molar-refractivity contribution in [2.24, 2.45) is 23.7 Å². The van der Waals surface area contributed by atoms with Crippen LogP contribution >= 0.6 is 0 Å². The Morgan fingerprint density at radius 2 is 1.47 bits per heavy atom. The molecule has 4 saturated carbocycles. The summed E-state index contributed by atoms with van der Waals surface area (Å²) < 4.78 is 0. The lowest BCUT2D eigenvalue weighted by atomic mass is 9.54. The van der Waals surface area contributed by atoms with Crippen molar-refractivity contribution in [2.45, 2.75) is 51.1 Å². The average Bonchev–Trinajstić information content (AvgIpc) is 2.43. The Hall–Kier alpha value is -0.820. The molecule has 1 heteroatoms. The van der Waals surface area contributed by atoms with Crippen LogP contribution < -0.4 is 5.32 Å². The van der Waals surface area contributed by atoms with Crippen molar-refractivity contribution in [1.29, 1.82) is 0 Å². The van der Waals surface area contributed by atoms with Gasteiger partial charge in [0.25, 0.3) is 0 Å². The van der Waals surface area contributed by atoms with Crippen molar-refractivity contribution in [1.82, 2.24) is 5.32 Å². The van der Waals surface area contributed by atoms with E-state index in [9.17, 15) is 0 Å². The van der Waals surface area contributed by atoms with Gasteiger partial charge in [-0.2, -0.15) is 0 Å². The molecule has 1 N–H and O–H groups in total. The van der Waals surface area contributed by atoms with E-state index in [1.807, 2.05) is 0 Å². The third kappa shape index (κ3) is 2.12. The monoisotopic (exact) mass is 255 g/mol. The van der Waals surface area contributed by atoms with E-state index in [4.69, 9.17) is 0 Å². The molecule has 1 aromatic carbocycles. The Morgan fingerprint density at radius 1 is 0.895 bits per heavy atom. The van der Waals surface area contributed by atoms with Crippen LogP contribution in [-0.2, 0) is 0 Å². The van der Waals surface area contributed by atoms with E-state index in [-0.39, 0.29) is 0 Å². The molecule has 4 aliphatic rings. The zero-order valence-corrected chi connectivity index (χ0v) is 11.9. The summed E-state index contributed by atoms with van der Waals surface area (Å²) in [5.41, 5.74) is 1.44. The molecule has 4 aliphatic carbocycles. The summed E-state index contributed by atoms with van der Waals surface area (Å²) >= 11 is 0. The molecule has 0 heterocycles. The molecule has 5 rings (SSSR count). The SMILES string of the molecule is CC(NC1C2CC3CC(C2)CC1C3)c1ccccc1. The lowest BCUT2D eigenvalue weighted by Crippen LogP contribution is -2.54. The smallest absolute Gasteiger partial charge is 0.0294 e. The standard InChI is InChI=1S/C18H25N/c1-12(15-5-3-2-4-6-15)19-18-16-8-13-7-14(10-16)11-17(18)9-13/h2-6,12-14,16-19H,7-11H2,1H3. The Balaban J connectivity index is 1.48. The summed E-state index contributed by atoms with van der Waals surface area (Å²) in [6.07, 6.45) is 7.57. The number of hydrogen-bond donors (Lipinski definition) is 1. The van der Waals surface area contributed by atoms with Gasteiger partial charge in [-0.15, -0.1) is 0 Å². The van der Waals surface area contributed by atoms with Gasteiger partial charge in [-0.25, -0.2) is 0 Å². The molecule has 0 aliphatic heterocycles. The highest BCUT2D eigenvalue weighted by atomic mass is 15.0. The van der Waals surface area contributed by atoms with Gasteiger partial charge in [-0.3, -0.25) is 0 Å². The van der Waals surface area contributed by atoms with Crippen LogP contribution in [0.3, 0.4) is 0 Å². The lowest BCUT2D eigenvalue weighted by molar-refractivity contribution is -0.0171. The molecule has 102 valence electrons. The van der Waals surface area contributed by atoms with Crippen LogP contribution in [0, 0.1) is 23.7 Å². The summed E-state index contributed by atoms with van der Waals surface area (Å²) in [6, 6.07) is 12.2. The summed E-state index contributed by atoms with van der Waals surface area (Å²) in [5, 5.41) is 3.98. The van der Waals surface area contributed by atoms with E-state index in [1.54, 1.807) is 6.42 Å². The second kappa shape index (κ2) is 4.63. The summed E-state index contributed by atoms with van der Waals surface area (Å²) in [5.74, 6) is 4.10. The minimum atomic E-state index is 0.503. The normalized spacial score (nSPS) is 41.4. The maximum Gasteiger partial charge on any atom is 0.0294 e. The molecule has 4 bridgehead atoms. The first kappa shape index (κ1) is 12.0. The summed E-state index contributed by atoms with van der Waals surface area (Å²) in [4.78, 5) is 0. The highest BCUT2D eigenvalue weighted by Crippen LogP contribution is 2.54. The quantitative estimate of drug-likeness (QED) is 0.855. The van der Waals surface area contributed by atoms with Crippen LogP contribution in [0.15, 0.2) is 30.3 Å². The zero-order chi connectivity index (χ0) is 12.8. The van der Waals surface area contributed by atoms with Gasteiger partial charge in [0, 0.05) is 12.1 Å². The van der Waals surface area contributed by atoms with Crippen molar-refractivity contribution < 1.29 is 0 Å². The molecular formula is C18H25N. The fourth-order valence-corrected chi connectivity index (χ4v) is 5.32. The van der Waals surface area contributed by atoms with Gasteiger partial charge >= 0.3 is 0 Å². The molecule has 0 radical (unpaired) electrons. The fraction of sp³-hybridized carbons (Fsp3) is 0.667. The second-order valence-electron chi connectivity index (χ2n) is 7.26. The van der Waals surface area contributed by atoms with E-state index < -0.39 is 0 Å². The fourth-order valence-electron chi connectivity index (χ4n) is 5.32. The molecule has 1 aromatic rings. The van der Waals surface area contributed by atoms with Gasteiger partial charge in [-0.1, -0.05) is 30.3 Å². The third-order valence-corrected chi connectivity index (χ3v) is 5.97. The van der Waals surface area contributed by atoms with Gasteiger partial charge < -0.3 is 5.32 Å². The Bertz CT molecular complexity index is 410. The Labute approximate surface area is 116 Å². The maximum atomic E-state index is 3.98. The Morgan fingerprint density at radius 3 is 2.05 bits per heavy atom. The number of rotatable bonds is 3. The first-order valence-corrected chi connectivity index (χ1v) is 8.10. The predicted molar refractivity (Wildman–Crippen MR) is 78.8 cm³/mol. The summed E-state index contributed by atoms with van der Waals surface area (Å²) in [6.45, 7) is 2.33. The number of hydrogen-bond acceptors (Lipinski definition) is 1. The molecule has 19 heavy (non-hydrogen) atoms. The topological polar surface area (TPSA) is 12.0 Å². The maximum absolute atomic E-state index is 3.98. The first-order valence-electron chi connectivity index (χ1n) is 8.10. The van der Waals surface area contributed by atoms with Crippen LogP contribution in [0.2, 0.25) is 0 Å². The van der Waals surface area contributed by atoms with E-state index in [0.717, 1.165) is 29.7 Å². The van der Waals surface area contributed by atoms with Crippen molar-refractivity contribution in [3.63, 3.8) is 0 Å². The number of benzene rings is 1. The molecule has 0 spiro atoms. The van der Waals surface area contributed by atoms with Crippen molar-refractivity contribution in [3.05, 3.63) is 35.9 Å². The Kier molecular flexibility index (Phi) is 2.91. The second-order valence-corrected chi connectivity index (χ2v) is 7.26. The molecule has 4 fully saturated rings. The van der Waals surface area contributed by atoms with E-state index in [0.29, 0.717) is 6.04 Å². The molecule has 0 aromatic heterocycles. The lowest BCUT2D eigenvalue weighted by Gasteiger charge is -2.55. The molecule has 0 amide bonds. The van der Waals surface area contributed by atoms with Crippen molar-refractivity contribution >= 4 is 0 Å². The number of nitrogens with one attached hydrogen (secondary N) is 1. The van der Waals surface area contributed by atoms with Crippen molar-refractivity contribution in [2.75, 3.05) is 0 Å².